The third-order valence-corrected chi connectivity index (χ3v) is 2.66. The van der Waals surface area contributed by atoms with Gasteiger partial charge >= 0.3 is 0 Å². The van der Waals surface area contributed by atoms with Crippen LogP contribution in [0.15, 0.2) is 18.3 Å². The number of ether oxygens (including phenoxy) is 1. The second kappa shape index (κ2) is 4.98. The Bertz CT molecular complexity index is 310. The highest BCUT2D eigenvalue weighted by atomic mass is 16.5. The molecule has 0 unspecified atom stereocenters. The highest BCUT2D eigenvalue weighted by Gasteiger charge is 2.11. The van der Waals surface area contributed by atoms with Crippen LogP contribution in [-0.4, -0.2) is 36.1 Å². The van der Waals surface area contributed by atoms with Gasteiger partial charge in [-0.2, -0.15) is 0 Å². The van der Waals surface area contributed by atoms with E-state index in [9.17, 15) is 0 Å². The summed E-state index contributed by atoms with van der Waals surface area (Å²) >= 11 is 0. The highest BCUT2D eigenvalue weighted by Crippen LogP contribution is 2.16. The van der Waals surface area contributed by atoms with Gasteiger partial charge in [0.05, 0.1) is 0 Å². The molecule has 1 aliphatic rings. The Labute approximate surface area is 90.0 Å². The molecular weight excluding hydrogens is 190 g/mol. The van der Waals surface area contributed by atoms with Gasteiger partial charge in [-0.3, -0.25) is 4.90 Å². The predicted molar refractivity (Wildman–Crippen MR) is 59.8 cm³/mol. The average Bonchev–Trinajstić information content (AvgIpc) is 2.74. The van der Waals surface area contributed by atoms with E-state index in [0.29, 0.717) is 18.2 Å². The molecule has 4 nitrogen and oxygen atoms in total. The summed E-state index contributed by atoms with van der Waals surface area (Å²) in [5, 5.41) is 0. The summed E-state index contributed by atoms with van der Waals surface area (Å²) < 4.78 is 5.57. The van der Waals surface area contributed by atoms with Gasteiger partial charge in [0, 0.05) is 12.7 Å². The lowest BCUT2D eigenvalue weighted by Gasteiger charge is -2.15. The van der Waals surface area contributed by atoms with Gasteiger partial charge in [0.15, 0.2) is 11.6 Å². The number of aromatic nitrogens is 1. The third-order valence-electron chi connectivity index (χ3n) is 2.66. The lowest BCUT2D eigenvalue weighted by atomic mass is 10.4. The first kappa shape index (κ1) is 10.2. The molecule has 0 saturated carbocycles. The quantitative estimate of drug-likeness (QED) is 0.804. The number of nitrogens with two attached hydrogens (primary N) is 1. The molecule has 0 atom stereocenters. The smallest absolute Gasteiger partial charge is 0.166 e. The van der Waals surface area contributed by atoms with Crippen LogP contribution in [0.25, 0.3) is 0 Å². The molecule has 1 aliphatic heterocycles. The summed E-state index contributed by atoms with van der Waals surface area (Å²) in [5.41, 5.74) is 5.67. The van der Waals surface area contributed by atoms with Crippen LogP contribution in [0.4, 0.5) is 5.82 Å². The zero-order valence-electron chi connectivity index (χ0n) is 8.85. The van der Waals surface area contributed by atoms with E-state index >= 15 is 0 Å². The van der Waals surface area contributed by atoms with Gasteiger partial charge in [-0.15, -0.1) is 0 Å². The third kappa shape index (κ3) is 2.83. The van der Waals surface area contributed by atoms with Gasteiger partial charge in [-0.1, -0.05) is 0 Å². The van der Waals surface area contributed by atoms with Crippen LogP contribution in [-0.2, 0) is 0 Å². The Morgan fingerprint density at radius 1 is 1.40 bits per heavy atom. The first-order chi connectivity index (χ1) is 7.36. The number of nitrogen functional groups attached to an aromatic ring is 1. The molecule has 2 N–H and O–H groups in total. The SMILES string of the molecule is Nc1ncccc1OCCN1CCCC1. The maximum absolute atomic E-state index is 5.67. The van der Waals surface area contributed by atoms with Gasteiger partial charge in [0.25, 0.3) is 0 Å². The monoisotopic (exact) mass is 207 g/mol. The molecule has 1 fully saturated rings. The average molecular weight is 207 g/mol. The molecule has 0 aromatic carbocycles. The highest BCUT2D eigenvalue weighted by molar-refractivity contribution is 5.44. The molecule has 4 heteroatoms. The lowest BCUT2D eigenvalue weighted by Crippen LogP contribution is -2.25. The summed E-state index contributed by atoms with van der Waals surface area (Å²) in [7, 11) is 0. The zero-order chi connectivity index (χ0) is 10.5. The fraction of sp³-hybridized carbons (Fsp3) is 0.545. The van der Waals surface area contributed by atoms with E-state index in [1.807, 2.05) is 12.1 Å². The second-order valence-electron chi connectivity index (χ2n) is 3.78. The van der Waals surface area contributed by atoms with Crippen molar-refractivity contribution in [1.82, 2.24) is 9.88 Å². The predicted octanol–water partition coefficient (Wildman–Crippen LogP) is 1.14. The molecule has 0 aliphatic carbocycles. The maximum Gasteiger partial charge on any atom is 0.166 e. The number of rotatable bonds is 4. The van der Waals surface area contributed by atoms with E-state index < -0.39 is 0 Å². The van der Waals surface area contributed by atoms with Crippen molar-refractivity contribution in [3.63, 3.8) is 0 Å². The van der Waals surface area contributed by atoms with Crippen molar-refractivity contribution < 1.29 is 4.74 Å². The van der Waals surface area contributed by atoms with Crippen molar-refractivity contribution in [2.45, 2.75) is 12.8 Å². The molecule has 1 aromatic rings. The number of pyridine rings is 1. The van der Waals surface area contributed by atoms with Crippen molar-refractivity contribution in [2.75, 3.05) is 32.0 Å². The van der Waals surface area contributed by atoms with E-state index in [4.69, 9.17) is 10.5 Å². The minimum Gasteiger partial charge on any atom is -0.488 e. The Kier molecular flexibility index (Phi) is 3.40. The number of nitrogens with zero attached hydrogens (tertiary/aromatic N) is 2. The fourth-order valence-corrected chi connectivity index (χ4v) is 1.82. The zero-order valence-corrected chi connectivity index (χ0v) is 8.85. The molecule has 0 amide bonds. The Hall–Kier alpha value is -1.29. The molecule has 0 radical (unpaired) electrons. The summed E-state index contributed by atoms with van der Waals surface area (Å²) in [4.78, 5) is 6.38. The topological polar surface area (TPSA) is 51.4 Å². The van der Waals surface area contributed by atoms with Crippen LogP contribution in [0.2, 0.25) is 0 Å². The van der Waals surface area contributed by atoms with Crippen molar-refractivity contribution >= 4 is 5.82 Å². The van der Waals surface area contributed by atoms with Crippen molar-refractivity contribution in [2.24, 2.45) is 0 Å². The summed E-state index contributed by atoms with van der Waals surface area (Å²) in [6.07, 6.45) is 4.30. The molecule has 2 rings (SSSR count). The van der Waals surface area contributed by atoms with E-state index in [1.165, 1.54) is 25.9 Å². The largest absolute Gasteiger partial charge is 0.488 e. The van der Waals surface area contributed by atoms with Crippen molar-refractivity contribution in [3.05, 3.63) is 18.3 Å². The van der Waals surface area contributed by atoms with Crippen LogP contribution < -0.4 is 10.5 Å². The van der Waals surface area contributed by atoms with Crippen LogP contribution in [0.1, 0.15) is 12.8 Å². The number of anilines is 1. The molecule has 82 valence electrons. The fourth-order valence-electron chi connectivity index (χ4n) is 1.82. The maximum atomic E-state index is 5.67. The lowest BCUT2D eigenvalue weighted by molar-refractivity contribution is 0.238. The standard InChI is InChI=1S/C11H17N3O/c12-11-10(4-3-5-13-11)15-9-8-14-6-1-2-7-14/h3-5H,1-2,6-9H2,(H2,12,13). The van der Waals surface area contributed by atoms with Gasteiger partial charge in [-0.05, 0) is 38.1 Å². The Balaban J connectivity index is 1.75. The molecule has 0 spiro atoms. The van der Waals surface area contributed by atoms with Crippen molar-refractivity contribution in [1.29, 1.82) is 0 Å². The van der Waals surface area contributed by atoms with E-state index in [1.54, 1.807) is 6.20 Å². The number of likely N-dealkylation sites (tertiary alicyclic amines) is 1. The summed E-state index contributed by atoms with van der Waals surface area (Å²) in [5.74, 6) is 1.16. The van der Waals surface area contributed by atoms with Gasteiger partial charge < -0.3 is 10.5 Å². The van der Waals surface area contributed by atoms with Crippen LogP contribution >= 0.6 is 0 Å². The molecule has 1 aromatic heterocycles. The van der Waals surface area contributed by atoms with Gasteiger partial charge in [0.2, 0.25) is 0 Å². The van der Waals surface area contributed by atoms with Gasteiger partial charge in [-0.25, -0.2) is 4.98 Å². The minimum atomic E-state index is 0.471. The molecular formula is C11H17N3O. The first-order valence-corrected chi connectivity index (χ1v) is 5.42. The van der Waals surface area contributed by atoms with Crippen LogP contribution in [0, 0.1) is 0 Å². The number of hydrogen-bond donors (Lipinski definition) is 1. The second-order valence-corrected chi connectivity index (χ2v) is 3.78. The van der Waals surface area contributed by atoms with E-state index in [2.05, 4.69) is 9.88 Å². The molecule has 1 saturated heterocycles. The molecule has 15 heavy (non-hydrogen) atoms. The molecule has 0 bridgehead atoms. The van der Waals surface area contributed by atoms with Crippen LogP contribution in [0.5, 0.6) is 5.75 Å². The Morgan fingerprint density at radius 2 is 2.20 bits per heavy atom. The minimum absolute atomic E-state index is 0.471. The van der Waals surface area contributed by atoms with E-state index in [0.717, 1.165) is 6.54 Å². The van der Waals surface area contributed by atoms with Crippen LogP contribution in [0.3, 0.4) is 0 Å². The van der Waals surface area contributed by atoms with E-state index in [-0.39, 0.29) is 0 Å². The summed E-state index contributed by atoms with van der Waals surface area (Å²) in [6, 6.07) is 3.69. The normalized spacial score (nSPS) is 16.8. The first-order valence-electron chi connectivity index (χ1n) is 5.42. The summed E-state index contributed by atoms with van der Waals surface area (Å²) in [6.45, 7) is 4.07. The van der Waals surface area contributed by atoms with Gasteiger partial charge in [0.1, 0.15) is 6.61 Å². The molecule has 2 heterocycles. The Morgan fingerprint density at radius 3 is 2.93 bits per heavy atom. The van der Waals surface area contributed by atoms with Crippen molar-refractivity contribution in [3.8, 4) is 5.75 Å². The number of hydrogen-bond acceptors (Lipinski definition) is 4.